The van der Waals surface area contributed by atoms with E-state index in [0.717, 1.165) is 0 Å². The van der Waals surface area contributed by atoms with Crippen LogP contribution in [0, 0.1) is 0 Å². The van der Waals surface area contributed by atoms with Crippen molar-refractivity contribution in [2.45, 2.75) is 0 Å². The molecule has 4 nitrogen and oxygen atoms in total. The lowest BCUT2D eigenvalue weighted by Crippen LogP contribution is -2.02. The van der Waals surface area contributed by atoms with Gasteiger partial charge in [-0.25, -0.2) is 8.42 Å². The molecule has 0 unspecified atom stereocenters. The smallest absolute Gasteiger partial charge is 0.726 e. The van der Waals surface area contributed by atoms with E-state index in [9.17, 15) is 13.0 Å². The van der Waals surface area contributed by atoms with Gasteiger partial charge in [-0.3, -0.25) is 4.18 Å². The van der Waals surface area contributed by atoms with Gasteiger partial charge in [0, 0.05) is 0 Å². The van der Waals surface area contributed by atoms with E-state index in [4.69, 9.17) is 0 Å². The molecular formula is C3H6O4S. The Balaban J connectivity index is 0. The average molecular weight is 138 g/mol. The molecule has 0 aliphatic carbocycles. The van der Waals surface area contributed by atoms with Gasteiger partial charge < -0.3 is 4.55 Å². The molecule has 0 aromatic carbocycles. The maximum absolute atomic E-state index is 9.56. The summed E-state index contributed by atoms with van der Waals surface area (Å²) in [7, 11) is -4.51. The Hall–Kier alpha value is -0.390. The third kappa shape index (κ3) is 5.61. The van der Waals surface area contributed by atoms with Crippen molar-refractivity contribution in [3.8, 4) is 0 Å². The van der Waals surface area contributed by atoms with Gasteiger partial charge in [0.05, 0.1) is 6.61 Å². The van der Waals surface area contributed by atoms with Crippen LogP contribution in [0.1, 0.15) is 1.43 Å². The van der Waals surface area contributed by atoms with Crippen LogP contribution >= 0.6 is 0 Å². The van der Waals surface area contributed by atoms with Crippen molar-refractivity contribution in [3.05, 3.63) is 12.7 Å². The van der Waals surface area contributed by atoms with Crippen LogP contribution in [0.2, 0.25) is 0 Å². The van der Waals surface area contributed by atoms with E-state index >= 15 is 0 Å². The van der Waals surface area contributed by atoms with Crippen LogP contribution in [0.15, 0.2) is 12.7 Å². The predicted octanol–water partition coefficient (Wildman–Crippen LogP) is -0.238. The van der Waals surface area contributed by atoms with Crippen molar-refractivity contribution < 1.29 is 18.6 Å². The van der Waals surface area contributed by atoms with E-state index in [1.807, 2.05) is 0 Å². The minimum Gasteiger partial charge on any atom is -0.726 e. The van der Waals surface area contributed by atoms with Gasteiger partial charge in [0.1, 0.15) is 0 Å². The van der Waals surface area contributed by atoms with Crippen molar-refractivity contribution in [2.24, 2.45) is 0 Å². The molecule has 0 rings (SSSR count). The van der Waals surface area contributed by atoms with Gasteiger partial charge in [0.15, 0.2) is 0 Å². The molecule has 8 heavy (non-hydrogen) atoms. The summed E-state index contributed by atoms with van der Waals surface area (Å²) in [5.74, 6) is 0. The normalized spacial score (nSPS) is 11.1. The molecule has 0 fully saturated rings. The summed E-state index contributed by atoms with van der Waals surface area (Å²) in [6.07, 6.45) is 1.18. The second-order valence-electron chi connectivity index (χ2n) is 0.981. The maximum Gasteiger partial charge on any atom is 1.00 e. The lowest BCUT2D eigenvalue weighted by Gasteiger charge is -2.02. The van der Waals surface area contributed by atoms with E-state index in [-0.39, 0.29) is 8.03 Å². The highest BCUT2D eigenvalue weighted by Gasteiger charge is 1.86. The lowest BCUT2D eigenvalue weighted by molar-refractivity contribution is 0.288. The van der Waals surface area contributed by atoms with Gasteiger partial charge in [-0.05, 0) is 0 Å². The molecule has 0 saturated heterocycles. The first-order valence-electron chi connectivity index (χ1n) is 1.77. The third-order valence-electron chi connectivity index (χ3n) is 0.330. The second kappa shape index (κ2) is 2.81. The lowest BCUT2D eigenvalue weighted by atomic mass is 10.7. The minimum absolute atomic E-state index is 0. The topological polar surface area (TPSA) is 66.4 Å². The van der Waals surface area contributed by atoms with Crippen LogP contribution in [-0.2, 0) is 14.6 Å². The fourth-order valence-electron chi connectivity index (χ4n) is 0.131. The zero-order valence-corrected chi connectivity index (χ0v) is 4.85. The summed E-state index contributed by atoms with van der Waals surface area (Å²) in [5.41, 5.74) is 0. The Morgan fingerprint density at radius 1 is 1.88 bits per heavy atom. The zero-order valence-electron chi connectivity index (χ0n) is 5.03. The quantitative estimate of drug-likeness (QED) is 0.306. The molecule has 0 heterocycles. The Labute approximate surface area is 49.2 Å². The molecule has 0 bridgehead atoms. The first-order chi connectivity index (χ1) is 3.56. The third-order valence-corrected chi connectivity index (χ3v) is 0.755. The number of hydrogen-bond donors (Lipinski definition) is 0. The van der Waals surface area contributed by atoms with Crippen LogP contribution in [0.3, 0.4) is 0 Å². The summed E-state index contributed by atoms with van der Waals surface area (Å²) in [6, 6.07) is 0. The highest BCUT2D eigenvalue weighted by Crippen LogP contribution is 1.82. The molecule has 0 spiro atoms. The van der Waals surface area contributed by atoms with Crippen LogP contribution in [0.25, 0.3) is 0 Å². The Kier molecular flexibility index (Phi) is 2.67. The molecular weight excluding hydrogens is 132 g/mol. The molecule has 0 atom stereocenters. The van der Waals surface area contributed by atoms with E-state index < -0.39 is 10.4 Å². The van der Waals surface area contributed by atoms with Crippen molar-refractivity contribution in [1.29, 1.82) is 0 Å². The Morgan fingerprint density at radius 2 is 2.38 bits per heavy atom. The monoisotopic (exact) mass is 138 g/mol. The average Bonchev–Trinajstić information content (AvgIpc) is 1.59. The highest BCUT2D eigenvalue weighted by molar-refractivity contribution is 7.80. The Morgan fingerprint density at radius 3 is 2.50 bits per heavy atom. The molecule has 48 valence electrons. The van der Waals surface area contributed by atoms with Crippen LogP contribution in [0.5, 0.6) is 0 Å². The second-order valence-corrected chi connectivity index (χ2v) is 2.03. The van der Waals surface area contributed by atoms with E-state index in [1.165, 1.54) is 6.08 Å². The summed E-state index contributed by atoms with van der Waals surface area (Å²) in [5, 5.41) is 0. The first-order valence-corrected chi connectivity index (χ1v) is 3.11. The summed E-state index contributed by atoms with van der Waals surface area (Å²) >= 11 is 0. The zero-order chi connectivity index (χ0) is 6.62. The first kappa shape index (κ1) is 7.61. The molecule has 0 radical (unpaired) electrons. The molecule has 0 N–H and O–H groups in total. The van der Waals surface area contributed by atoms with Gasteiger partial charge in [-0.1, -0.05) is 6.08 Å². The maximum atomic E-state index is 9.56. The van der Waals surface area contributed by atoms with E-state index in [2.05, 4.69) is 10.8 Å². The van der Waals surface area contributed by atoms with Crippen LogP contribution < -0.4 is 0 Å². The van der Waals surface area contributed by atoms with Crippen LogP contribution in [-0.4, -0.2) is 19.6 Å². The molecule has 0 aromatic rings. The molecule has 0 saturated carbocycles. The largest absolute Gasteiger partial charge is 1.00 e. The fraction of sp³-hybridized carbons (Fsp3) is 0.333. The summed E-state index contributed by atoms with van der Waals surface area (Å²) in [4.78, 5) is 0. The summed E-state index contributed by atoms with van der Waals surface area (Å²) < 4.78 is 32.4. The van der Waals surface area contributed by atoms with Gasteiger partial charge in [-0.15, -0.1) is 6.58 Å². The van der Waals surface area contributed by atoms with Gasteiger partial charge in [0.2, 0.25) is 10.4 Å². The molecule has 0 aliphatic rings. The molecule has 0 amide bonds. The van der Waals surface area contributed by atoms with Gasteiger partial charge in [0.25, 0.3) is 0 Å². The predicted molar refractivity (Wildman–Crippen MR) is 27.0 cm³/mol. The van der Waals surface area contributed by atoms with Gasteiger partial charge in [-0.2, -0.15) is 0 Å². The standard InChI is InChI=1S/C3H6O4S/c1-2-3-7-8(4,5)6/h2H,1,3H2,(H,4,5,6). The van der Waals surface area contributed by atoms with Crippen molar-refractivity contribution in [3.63, 3.8) is 0 Å². The number of hydrogen-bond acceptors (Lipinski definition) is 4. The highest BCUT2D eigenvalue weighted by atomic mass is 32.3. The molecule has 0 aromatic heterocycles. The fourth-order valence-corrected chi connectivity index (χ4v) is 0.394. The number of rotatable bonds is 3. The minimum atomic E-state index is -4.51. The van der Waals surface area contributed by atoms with Gasteiger partial charge >= 0.3 is 1.43 Å². The Bertz CT molecular complexity index is 161. The molecule has 5 heteroatoms. The van der Waals surface area contributed by atoms with E-state index in [1.54, 1.807) is 0 Å². The SMILES string of the molecule is C=CCOS(=O)(=O)[O-].[H+]. The summed E-state index contributed by atoms with van der Waals surface area (Å²) in [6.45, 7) is 2.88. The molecule has 0 aliphatic heterocycles. The van der Waals surface area contributed by atoms with Crippen molar-refractivity contribution in [2.75, 3.05) is 6.61 Å². The van der Waals surface area contributed by atoms with Crippen LogP contribution in [0.4, 0.5) is 0 Å². The van der Waals surface area contributed by atoms with Crippen molar-refractivity contribution in [1.82, 2.24) is 0 Å². The van der Waals surface area contributed by atoms with E-state index in [0.29, 0.717) is 0 Å². The van der Waals surface area contributed by atoms with Crippen molar-refractivity contribution >= 4 is 10.4 Å².